The molecule has 0 bridgehead atoms. The summed E-state index contributed by atoms with van der Waals surface area (Å²) in [5.74, 6) is -0.900. The number of carboxylic acid groups (broad SMARTS) is 1. The molecule has 2 atom stereocenters. The van der Waals surface area contributed by atoms with Gasteiger partial charge in [-0.25, -0.2) is 0 Å². The molecule has 1 saturated heterocycles. The van der Waals surface area contributed by atoms with Crippen LogP contribution in [0.25, 0.3) is 0 Å². The maximum Gasteiger partial charge on any atom is 0.303 e. The van der Waals surface area contributed by atoms with E-state index in [-0.39, 0.29) is 35.2 Å². The molecule has 1 aromatic heterocycles. The van der Waals surface area contributed by atoms with Crippen LogP contribution in [0.15, 0.2) is 23.3 Å². The van der Waals surface area contributed by atoms with Gasteiger partial charge in [0.25, 0.3) is 5.91 Å². The Morgan fingerprint density at radius 1 is 1.52 bits per heavy atom. The largest absolute Gasteiger partial charge is 0.481 e. The quantitative estimate of drug-likeness (QED) is 0.876. The molecule has 0 saturated carbocycles. The van der Waals surface area contributed by atoms with Gasteiger partial charge in [0.1, 0.15) is 5.56 Å². The van der Waals surface area contributed by atoms with E-state index in [1.54, 1.807) is 4.90 Å². The monoisotopic (exact) mass is 292 g/mol. The number of likely N-dealkylation sites (tertiary alicyclic amines) is 1. The standard InChI is InChI=1S/C15H20N2O4/c1-10(7-14(19)20)11-3-2-6-17(9-11)15(21)12-8-16-5-4-13(12)18/h4-5,8,10-11H,2-3,6-7,9H2,1H3,(H,16,18)(H,19,20). The second-order valence-corrected chi connectivity index (χ2v) is 5.65. The van der Waals surface area contributed by atoms with Gasteiger partial charge >= 0.3 is 5.97 Å². The van der Waals surface area contributed by atoms with Crippen molar-refractivity contribution in [3.8, 4) is 0 Å². The molecule has 6 nitrogen and oxygen atoms in total. The number of piperidine rings is 1. The topological polar surface area (TPSA) is 90.5 Å². The fourth-order valence-electron chi connectivity index (χ4n) is 2.85. The highest BCUT2D eigenvalue weighted by atomic mass is 16.4. The molecule has 6 heteroatoms. The highest BCUT2D eigenvalue weighted by Crippen LogP contribution is 2.26. The number of rotatable bonds is 4. The predicted molar refractivity (Wildman–Crippen MR) is 77.1 cm³/mol. The van der Waals surface area contributed by atoms with Crippen molar-refractivity contribution in [3.63, 3.8) is 0 Å². The van der Waals surface area contributed by atoms with Gasteiger partial charge in [-0.3, -0.25) is 14.4 Å². The molecule has 1 aromatic rings. The van der Waals surface area contributed by atoms with E-state index < -0.39 is 5.97 Å². The van der Waals surface area contributed by atoms with Crippen LogP contribution in [0.4, 0.5) is 0 Å². The molecule has 1 aliphatic heterocycles. The van der Waals surface area contributed by atoms with Crippen LogP contribution in [0, 0.1) is 11.8 Å². The Balaban J connectivity index is 2.07. The van der Waals surface area contributed by atoms with Gasteiger partial charge in [0, 0.05) is 38.0 Å². The molecule has 114 valence electrons. The maximum absolute atomic E-state index is 12.4. The first-order chi connectivity index (χ1) is 9.99. The molecular formula is C15H20N2O4. The van der Waals surface area contributed by atoms with Crippen LogP contribution in [-0.2, 0) is 4.79 Å². The molecule has 2 N–H and O–H groups in total. The van der Waals surface area contributed by atoms with Crippen LogP contribution in [0.5, 0.6) is 0 Å². The Labute approximate surface area is 122 Å². The van der Waals surface area contributed by atoms with Crippen molar-refractivity contribution in [3.05, 3.63) is 34.2 Å². The van der Waals surface area contributed by atoms with E-state index in [4.69, 9.17) is 5.11 Å². The van der Waals surface area contributed by atoms with Crippen molar-refractivity contribution < 1.29 is 14.7 Å². The normalized spacial score (nSPS) is 20.0. The SMILES string of the molecule is CC(CC(=O)O)C1CCCN(C(=O)c2c[nH]ccc2=O)C1. The average Bonchev–Trinajstić information content (AvgIpc) is 2.46. The molecular weight excluding hydrogens is 272 g/mol. The molecule has 0 radical (unpaired) electrons. The number of carboxylic acids is 1. The lowest BCUT2D eigenvalue weighted by Crippen LogP contribution is -2.43. The van der Waals surface area contributed by atoms with Gasteiger partial charge in [0.2, 0.25) is 0 Å². The van der Waals surface area contributed by atoms with Gasteiger partial charge in [-0.05, 0) is 24.7 Å². The third-order valence-corrected chi connectivity index (χ3v) is 4.10. The number of aromatic nitrogens is 1. The molecule has 2 heterocycles. The fourth-order valence-corrected chi connectivity index (χ4v) is 2.85. The second-order valence-electron chi connectivity index (χ2n) is 5.65. The van der Waals surface area contributed by atoms with Crippen LogP contribution in [0.2, 0.25) is 0 Å². The highest BCUT2D eigenvalue weighted by Gasteiger charge is 2.29. The number of H-pyrrole nitrogens is 1. The Morgan fingerprint density at radius 3 is 2.95 bits per heavy atom. The first-order valence-corrected chi connectivity index (χ1v) is 7.17. The first-order valence-electron chi connectivity index (χ1n) is 7.17. The van der Waals surface area contributed by atoms with Crippen LogP contribution < -0.4 is 5.43 Å². The van der Waals surface area contributed by atoms with Crippen molar-refractivity contribution >= 4 is 11.9 Å². The Bertz CT molecular complexity index is 581. The molecule has 1 fully saturated rings. The van der Waals surface area contributed by atoms with Crippen LogP contribution in [-0.4, -0.2) is 40.0 Å². The second kappa shape index (κ2) is 6.56. The van der Waals surface area contributed by atoms with Crippen molar-refractivity contribution in [1.29, 1.82) is 0 Å². The van der Waals surface area contributed by atoms with E-state index in [0.29, 0.717) is 13.1 Å². The molecule has 2 unspecified atom stereocenters. The number of hydrogen-bond donors (Lipinski definition) is 2. The molecule has 2 rings (SSSR count). The zero-order chi connectivity index (χ0) is 15.4. The number of aliphatic carboxylic acids is 1. The van der Waals surface area contributed by atoms with E-state index in [9.17, 15) is 14.4 Å². The van der Waals surface area contributed by atoms with Gasteiger partial charge < -0.3 is 15.0 Å². The number of nitrogens with one attached hydrogen (secondary N) is 1. The number of hydrogen-bond acceptors (Lipinski definition) is 3. The maximum atomic E-state index is 12.4. The van der Waals surface area contributed by atoms with Crippen LogP contribution in [0.3, 0.4) is 0 Å². The van der Waals surface area contributed by atoms with Gasteiger partial charge in [0.15, 0.2) is 5.43 Å². The lowest BCUT2D eigenvalue weighted by Gasteiger charge is -2.35. The molecule has 21 heavy (non-hydrogen) atoms. The van der Waals surface area contributed by atoms with Gasteiger partial charge in [-0.1, -0.05) is 6.92 Å². The summed E-state index contributed by atoms with van der Waals surface area (Å²) in [6.07, 6.45) is 4.79. The first kappa shape index (κ1) is 15.3. The zero-order valence-electron chi connectivity index (χ0n) is 12.0. The third kappa shape index (κ3) is 3.71. The number of carbonyl (C=O) groups is 2. The van der Waals surface area contributed by atoms with Gasteiger partial charge in [-0.15, -0.1) is 0 Å². The third-order valence-electron chi connectivity index (χ3n) is 4.10. The van der Waals surface area contributed by atoms with Crippen LogP contribution in [0.1, 0.15) is 36.5 Å². The minimum absolute atomic E-state index is 0.0205. The van der Waals surface area contributed by atoms with Crippen molar-refractivity contribution in [2.75, 3.05) is 13.1 Å². The fraction of sp³-hybridized carbons (Fsp3) is 0.533. The Kier molecular flexibility index (Phi) is 4.77. The van der Waals surface area contributed by atoms with E-state index in [1.807, 2.05) is 6.92 Å². The smallest absolute Gasteiger partial charge is 0.303 e. The number of pyridine rings is 1. The predicted octanol–water partition coefficient (Wildman–Crippen LogP) is 1.34. The van der Waals surface area contributed by atoms with Gasteiger partial charge in [0.05, 0.1) is 0 Å². The summed E-state index contributed by atoms with van der Waals surface area (Å²) in [7, 11) is 0. The number of nitrogens with zero attached hydrogens (tertiary/aromatic N) is 1. The number of aromatic amines is 1. The van der Waals surface area contributed by atoms with Crippen LogP contribution >= 0.6 is 0 Å². The lowest BCUT2D eigenvalue weighted by atomic mass is 9.84. The zero-order valence-corrected chi connectivity index (χ0v) is 12.0. The van der Waals surface area contributed by atoms with E-state index in [2.05, 4.69) is 4.98 Å². The average molecular weight is 292 g/mol. The lowest BCUT2D eigenvalue weighted by molar-refractivity contribution is -0.138. The van der Waals surface area contributed by atoms with Crippen molar-refractivity contribution in [2.45, 2.75) is 26.2 Å². The van der Waals surface area contributed by atoms with E-state index in [1.165, 1.54) is 18.5 Å². The summed E-state index contributed by atoms with van der Waals surface area (Å²) >= 11 is 0. The highest BCUT2D eigenvalue weighted by molar-refractivity contribution is 5.93. The number of carbonyl (C=O) groups excluding carboxylic acids is 1. The summed E-state index contributed by atoms with van der Waals surface area (Å²) in [5, 5.41) is 8.88. The van der Waals surface area contributed by atoms with Gasteiger partial charge in [-0.2, -0.15) is 0 Å². The van der Waals surface area contributed by atoms with E-state index >= 15 is 0 Å². The molecule has 1 aliphatic rings. The van der Waals surface area contributed by atoms with Crippen molar-refractivity contribution in [1.82, 2.24) is 9.88 Å². The summed E-state index contributed by atoms with van der Waals surface area (Å²) < 4.78 is 0. The molecule has 0 spiro atoms. The molecule has 1 amide bonds. The molecule has 0 aliphatic carbocycles. The Hall–Kier alpha value is -2.11. The molecule has 0 aromatic carbocycles. The van der Waals surface area contributed by atoms with E-state index in [0.717, 1.165) is 12.8 Å². The number of amides is 1. The summed E-state index contributed by atoms with van der Waals surface area (Å²) in [4.78, 5) is 39.3. The summed E-state index contributed by atoms with van der Waals surface area (Å²) in [5.41, 5.74) is -0.150. The summed E-state index contributed by atoms with van der Waals surface area (Å²) in [6.45, 7) is 3.03. The van der Waals surface area contributed by atoms with Crippen molar-refractivity contribution in [2.24, 2.45) is 11.8 Å². The summed E-state index contributed by atoms with van der Waals surface area (Å²) in [6, 6.07) is 1.34. The minimum atomic E-state index is -0.814. The Morgan fingerprint density at radius 2 is 2.29 bits per heavy atom. The minimum Gasteiger partial charge on any atom is -0.481 e.